The number of amides is 1. The predicted molar refractivity (Wildman–Crippen MR) is 101 cm³/mol. The molecule has 0 saturated carbocycles. The van der Waals surface area contributed by atoms with Gasteiger partial charge < -0.3 is 5.32 Å². The Morgan fingerprint density at radius 1 is 1.04 bits per heavy atom. The molecule has 2 aromatic heterocycles. The highest BCUT2D eigenvalue weighted by atomic mass is 35.5. The highest BCUT2D eigenvalue weighted by molar-refractivity contribution is 6.37. The van der Waals surface area contributed by atoms with Gasteiger partial charge in [-0.3, -0.25) is 4.79 Å². The molecule has 0 aliphatic carbocycles. The van der Waals surface area contributed by atoms with Crippen LogP contribution in [0.2, 0.25) is 10.0 Å². The van der Waals surface area contributed by atoms with Crippen LogP contribution in [0.25, 0.3) is 16.9 Å². The lowest BCUT2D eigenvalue weighted by Crippen LogP contribution is -2.12. The maximum atomic E-state index is 12.5. The molecule has 2 aromatic carbocycles. The summed E-state index contributed by atoms with van der Waals surface area (Å²) in [5.74, 6) is -0.314. The smallest absolute Gasteiger partial charge is 0.257 e. The zero-order valence-corrected chi connectivity index (χ0v) is 14.7. The first-order chi connectivity index (χ1) is 12.6. The first-order valence-electron chi connectivity index (χ1n) is 7.64. The van der Waals surface area contributed by atoms with Crippen molar-refractivity contribution in [1.29, 1.82) is 0 Å². The van der Waals surface area contributed by atoms with Crippen LogP contribution in [0, 0.1) is 0 Å². The van der Waals surface area contributed by atoms with Gasteiger partial charge >= 0.3 is 0 Å². The molecule has 0 saturated heterocycles. The van der Waals surface area contributed by atoms with Gasteiger partial charge in [-0.2, -0.15) is 9.61 Å². The molecular weight excluding hydrogens is 373 g/mol. The van der Waals surface area contributed by atoms with Crippen LogP contribution in [-0.4, -0.2) is 25.7 Å². The van der Waals surface area contributed by atoms with Gasteiger partial charge in [-0.15, -0.1) is 10.2 Å². The number of nitrogens with one attached hydrogen (secondary N) is 1. The van der Waals surface area contributed by atoms with E-state index in [1.54, 1.807) is 22.7 Å². The molecule has 2 heterocycles. The van der Waals surface area contributed by atoms with Crippen molar-refractivity contribution in [1.82, 2.24) is 19.8 Å². The highest BCUT2D eigenvalue weighted by Crippen LogP contribution is 2.24. The van der Waals surface area contributed by atoms with Crippen LogP contribution in [0.3, 0.4) is 0 Å². The lowest BCUT2D eigenvalue weighted by Gasteiger charge is -2.09. The lowest BCUT2D eigenvalue weighted by atomic mass is 10.1. The van der Waals surface area contributed by atoms with Crippen molar-refractivity contribution in [3.05, 3.63) is 76.5 Å². The molecule has 0 radical (unpaired) electrons. The molecule has 0 aliphatic rings. The summed E-state index contributed by atoms with van der Waals surface area (Å²) in [6.07, 6.45) is 1.53. The van der Waals surface area contributed by atoms with Gasteiger partial charge in [0.1, 0.15) is 6.33 Å². The Kier molecular flexibility index (Phi) is 4.28. The normalized spacial score (nSPS) is 10.8. The van der Waals surface area contributed by atoms with E-state index >= 15 is 0 Å². The van der Waals surface area contributed by atoms with Gasteiger partial charge in [0.25, 0.3) is 5.91 Å². The van der Waals surface area contributed by atoms with Gasteiger partial charge in [0.15, 0.2) is 5.65 Å². The molecule has 4 rings (SSSR count). The number of hydrogen-bond donors (Lipinski definition) is 1. The molecule has 0 bridgehead atoms. The van der Waals surface area contributed by atoms with E-state index in [0.29, 0.717) is 26.9 Å². The summed E-state index contributed by atoms with van der Waals surface area (Å²) in [6, 6.07) is 15.8. The predicted octanol–water partition coefficient (Wildman–Crippen LogP) is 4.35. The van der Waals surface area contributed by atoms with Crippen molar-refractivity contribution < 1.29 is 4.79 Å². The molecule has 0 spiro atoms. The first kappa shape index (κ1) is 16.5. The molecule has 1 N–H and O–H groups in total. The van der Waals surface area contributed by atoms with E-state index in [0.717, 1.165) is 11.3 Å². The first-order valence-corrected chi connectivity index (χ1v) is 8.40. The van der Waals surface area contributed by atoms with Crippen LogP contribution in [0.1, 0.15) is 10.4 Å². The zero-order valence-electron chi connectivity index (χ0n) is 13.2. The van der Waals surface area contributed by atoms with Gasteiger partial charge in [-0.05, 0) is 42.5 Å². The molecule has 26 heavy (non-hydrogen) atoms. The summed E-state index contributed by atoms with van der Waals surface area (Å²) in [5.41, 5.74) is 3.23. The number of anilines is 1. The van der Waals surface area contributed by atoms with Gasteiger partial charge in [-0.25, -0.2) is 0 Å². The molecule has 0 unspecified atom stereocenters. The number of aromatic nitrogens is 4. The number of carbonyl (C=O) groups excluding carboxylic acids is 1. The second kappa shape index (κ2) is 6.74. The Hall–Kier alpha value is -2.96. The van der Waals surface area contributed by atoms with E-state index in [1.165, 1.54) is 12.4 Å². The zero-order chi connectivity index (χ0) is 18.1. The molecular formula is C18H11Cl2N5O. The molecule has 0 atom stereocenters. The number of benzene rings is 2. The third-order valence-electron chi connectivity index (χ3n) is 3.75. The fourth-order valence-corrected chi connectivity index (χ4v) is 3.01. The summed E-state index contributed by atoms with van der Waals surface area (Å²) in [4.78, 5) is 12.5. The van der Waals surface area contributed by atoms with Gasteiger partial charge in [-0.1, -0.05) is 35.3 Å². The monoisotopic (exact) mass is 383 g/mol. The van der Waals surface area contributed by atoms with Crippen LogP contribution in [-0.2, 0) is 0 Å². The van der Waals surface area contributed by atoms with Crippen LogP contribution < -0.4 is 5.32 Å². The van der Waals surface area contributed by atoms with Crippen molar-refractivity contribution >= 4 is 40.4 Å². The van der Waals surface area contributed by atoms with Gasteiger partial charge in [0.2, 0.25) is 0 Å². The summed E-state index contributed by atoms with van der Waals surface area (Å²) in [6.45, 7) is 0. The lowest BCUT2D eigenvalue weighted by molar-refractivity contribution is 0.102. The van der Waals surface area contributed by atoms with Crippen LogP contribution in [0.4, 0.5) is 5.69 Å². The third-order valence-corrected chi connectivity index (χ3v) is 4.30. The molecule has 0 fully saturated rings. The van der Waals surface area contributed by atoms with Crippen LogP contribution >= 0.6 is 23.2 Å². The Morgan fingerprint density at radius 3 is 2.77 bits per heavy atom. The van der Waals surface area contributed by atoms with Crippen LogP contribution in [0.15, 0.2) is 60.9 Å². The second-order valence-corrected chi connectivity index (χ2v) is 6.36. The summed E-state index contributed by atoms with van der Waals surface area (Å²) >= 11 is 12.0. The molecule has 8 heteroatoms. The van der Waals surface area contributed by atoms with E-state index < -0.39 is 0 Å². The van der Waals surface area contributed by atoms with E-state index in [9.17, 15) is 4.79 Å². The van der Waals surface area contributed by atoms with Crippen molar-refractivity contribution in [2.24, 2.45) is 0 Å². The average molecular weight is 384 g/mol. The molecule has 6 nitrogen and oxygen atoms in total. The summed E-state index contributed by atoms with van der Waals surface area (Å²) in [7, 11) is 0. The van der Waals surface area contributed by atoms with E-state index in [1.807, 2.05) is 30.3 Å². The molecule has 128 valence electrons. The average Bonchev–Trinajstić information content (AvgIpc) is 3.09. The van der Waals surface area contributed by atoms with E-state index in [-0.39, 0.29) is 5.91 Å². The van der Waals surface area contributed by atoms with Crippen LogP contribution in [0.5, 0.6) is 0 Å². The van der Waals surface area contributed by atoms with E-state index in [4.69, 9.17) is 23.2 Å². The maximum Gasteiger partial charge on any atom is 0.257 e. The SMILES string of the molecule is O=C(Nc1cccc(-c2ccc3nncn3n2)c1)c1ccc(Cl)cc1Cl. The largest absolute Gasteiger partial charge is 0.322 e. The number of halogens is 2. The van der Waals surface area contributed by atoms with E-state index in [2.05, 4.69) is 20.6 Å². The quantitative estimate of drug-likeness (QED) is 0.570. The van der Waals surface area contributed by atoms with Crippen molar-refractivity contribution in [2.45, 2.75) is 0 Å². The fraction of sp³-hybridized carbons (Fsp3) is 0. The topological polar surface area (TPSA) is 72.2 Å². The second-order valence-electron chi connectivity index (χ2n) is 5.51. The summed E-state index contributed by atoms with van der Waals surface area (Å²) < 4.78 is 1.59. The number of nitrogens with zero attached hydrogens (tertiary/aromatic N) is 4. The molecule has 0 aliphatic heterocycles. The fourth-order valence-electron chi connectivity index (χ4n) is 2.51. The minimum Gasteiger partial charge on any atom is -0.322 e. The third kappa shape index (κ3) is 3.24. The highest BCUT2D eigenvalue weighted by Gasteiger charge is 2.12. The Bertz CT molecular complexity index is 1130. The summed E-state index contributed by atoms with van der Waals surface area (Å²) in [5, 5.41) is 15.8. The van der Waals surface area contributed by atoms with Gasteiger partial charge in [0, 0.05) is 16.3 Å². The molecule has 4 aromatic rings. The number of fused-ring (bicyclic) bond motifs is 1. The van der Waals surface area contributed by atoms with Crippen molar-refractivity contribution in [3.8, 4) is 11.3 Å². The Labute approximate surface area is 158 Å². The molecule has 1 amide bonds. The minimum atomic E-state index is -0.314. The number of rotatable bonds is 3. The standard InChI is InChI=1S/C18H11Cl2N5O/c19-12-4-5-14(15(20)9-12)18(26)22-13-3-1-2-11(8-13)16-6-7-17-23-21-10-25(17)24-16/h1-10H,(H,22,26). The maximum absolute atomic E-state index is 12.5. The van der Waals surface area contributed by atoms with Gasteiger partial charge in [0.05, 0.1) is 16.3 Å². The number of carbonyl (C=O) groups is 1. The minimum absolute atomic E-state index is 0.297. The Morgan fingerprint density at radius 2 is 1.92 bits per heavy atom. The van der Waals surface area contributed by atoms with Crippen molar-refractivity contribution in [2.75, 3.05) is 5.32 Å². The number of hydrogen-bond acceptors (Lipinski definition) is 4. The Balaban J connectivity index is 1.62. The van der Waals surface area contributed by atoms with Crippen molar-refractivity contribution in [3.63, 3.8) is 0 Å².